The highest BCUT2D eigenvalue weighted by Gasteiger charge is 2.22. The highest BCUT2D eigenvalue weighted by atomic mass is 127. The zero-order valence-electron chi connectivity index (χ0n) is 11.3. The average molecular weight is 407 g/mol. The summed E-state index contributed by atoms with van der Waals surface area (Å²) in [4.78, 5) is 0. The molecule has 0 radical (unpaired) electrons. The van der Waals surface area contributed by atoms with E-state index in [9.17, 15) is 5.11 Å². The first-order valence-electron chi connectivity index (χ1n) is 6.19. The molecule has 20 heavy (non-hydrogen) atoms. The number of methoxy groups -OCH3 is 1. The molecule has 0 fully saturated rings. The van der Waals surface area contributed by atoms with Gasteiger partial charge in [0.15, 0.2) is 0 Å². The smallest absolute Gasteiger partial charge is 0.123 e. The Kier molecular flexibility index (Phi) is 5.42. The van der Waals surface area contributed by atoms with Gasteiger partial charge in [-0.2, -0.15) is 5.10 Å². The number of benzene rings is 1. The Morgan fingerprint density at radius 3 is 2.95 bits per heavy atom. The van der Waals surface area contributed by atoms with Gasteiger partial charge >= 0.3 is 0 Å². The summed E-state index contributed by atoms with van der Waals surface area (Å²) < 4.78 is 7.78. The van der Waals surface area contributed by atoms with E-state index in [2.05, 4.69) is 27.7 Å². The van der Waals surface area contributed by atoms with Gasteiger partial charge in [0.05, 0.1) is 30.1 Å². The number of hydrogen-bond acceptors (Lipinski definition) is 3. The molecule has 1 N–H and O–H groups in total. The molecular formula is C14H16ClIN2O2. The summed E-state index contributed by atoms with van der Waals surface area (Å²) in [6.45, 7) is 3.09. The van der Waals surface area contributed by atoms with Crippen LogP contribution in [-0.2, 0) is 11.3 Å². The van der Waals surface area contributed by atoms with Crippen LogP contribution in [0, 0.1) is 10.5 Å². The number of aliphatic hydroxyl groups is 1. The van der Waals surface area contributed by atoms with Gasteiger partial charge in [-0.05, 0) is 35.1 Å². The second-order valence-corrected chi connectivity index (χ2v) is 5.96. The van der Waals surface area contributed by atoms with Crippen molar-refractivity contribution in [3.8, 4) is 0 Å². The minimum atomic E-state index is -0.798. The van der Waals surface area contributed by atoms with E-state index in [0.717, 1.165) is 14.7 Å². The van der Waals surface area contributed by atoms with Crippen LogP contribution in [0.1, 0.15) is 22.9 Å². The van der Waals surface area contributed by atoms with Crippen molar-refractivity contribution >= 4 is 34.2 Å². The first kappa shape index (κ1) is 15.8. The maximum Gasteiger partial charge on any atom is 0.123 e. The fourth-order valence-corrected chi connectivity index (χ4v) is 2.93. The Hall–Kier alpha value is -0.630. The Morgan fingerprint density at radius 2 is 2.25 bits per heavy atom. The second-order valence-electron chi connectivity index (χ2n) is 4.47. The van der Waals surface area contributed by atoms with Gasteiger partial charge in [0.1, 0.15) is 6.10 Å². The van der Waals surface area contributed by atoms with Crippen LogP contribution in [0.15, 0.2) is 24.4 Å². The molecule has 0 amide bonds. The predicted molar refractivity (Wildman–Crippen MR) is 87.1 cm³/mol. The number of ether oxygens (including phenoxy) is 1. The van der Waals surface area contributed by atoms with E-state index in [1.165, 1.54) is 0 Å². The second kappa shape index (κ2) is 6.89. The first-order valence-corrected chi connectivity index (χ1v) is 7.65. The van der Waals surface area contributed by atoms with Gasteiger partial charge < -0.3 is 9.84 Å². The summed E-state index contributed by atoms with van der Waals surface area (Å²) in [5.74, 6) is 0. The van der Waals surface area contributed by atoms with Gasteiger partial charge in [-0.25, -0.2) is 0 Å². The summed E-state index contributed by atoms with van der Waals surface area (Å²) in [5, 5.41) is 15.3. The molecule has 6 heteroatoms. The lowest BCUT2D eigenvalue weighted by molar-refractivity contribution is 0.171. The van der Waals surface area contributed by atoms with Crippen molar-refractivity contribution in [2.24, 2.45) is 0 Å². The third kappa shape index (κ3) is 3.16. The highest BCUT2D eigenvalue weighted by Crippen LogP contribution is 2.31. The average Bonchev–Trinajstić information content (AvgIpc) is 2.80. The van der Waals surface area contributed by atoms with Crippen molar-refractivity contribution in [3.63, 3.8) is 0 Å². The third-order valence-electron chi connectivity index (χ3n) is 3.12. The fraction of sp³-hybridized carbons (Fsp3) is 0.357. The number of aryl methyl sites for hydroxylation is 1. The van der Waals surface area contributed by atoms with E-state index in [1.807, 2.05) is 25.1 Å². The molecule has 0 aliphatic heterocycles. The maximum atomic E-state index is 10.7. The number of rotatable bonds is 5. The lowest BCUT2D eigenvalue weighted by Crippen LogP contribution is -2.14. The lowest BCUT2D eigenvalue weighted by Gasteiger charge is -2.16. The molecule has 0 spiro atoms. The molecule has 0 saturated carbocycles. The van der Waals surface area contributed by atoms with Crippen molar-refractivity contribution in [2.45, 2.75) is 19.6 Å². The monoisotopic (exact) mass is 406 g/mol. The summed E-state index contributed by atoms with van der Waals surface area (Å²) in [6, 6.07) is 5.85. The van der Waals surface area contributed by atoms with Crippen molar-refractivity contribution in [1.82, 2.24) is 9.78 Å². The first-order chi connectivity index (χ1) is 9.56. The van der Waals surface area contributed by atoms with E-state index >= 15 is 0 Å². The zero-order chi connectivity index (χ0) is 14.7. The molecule has 1 atom stereocenters. The van der Waals surface area contributed by atoms with E-state index in [4.69, 9.17) is 16.3 Å². The molecule has 108 valence electrons. The van der Waals surface area contributed by atoms with Crippen LogP contribution in [0.2, 0.25) is 5.02 Å². The fourth-order valence-electron chi connectivity index (χ4n) is 2.03. The molecule has 1 aromatic carbocycles. The molecule has 2 rings (SSSR count). The van der Waals surface area contributed by atoms with E-state index in [0.29, 0.717) is 23.9 Å². The van der Waals surface area contributed by atoms with Gasteiger partial charge in [-0.3, -0.25) is 4.68 Å². The molecule has 1 unspecified atom stereocenters. The minimum absolute atomic E-state index is 0.464. The topological polar surface area (TPSA) is 47.3 Å². The van der Waals surface area contributed by atoms with Crippen LogP contribution in [0.5, 0.6) is 0 Å². The van der Waals surface area contributed by atoms with Gasteiger partial charge in [-0.1, -0.05) is 29.8 Å². The number of nitrogens with zero attached hydrogens (tertiary/aromatic N) is 2. The third-order valence-corrected chi connectivity index (χ3v) is 4.88. The molecule has 0 aliphatic rings. The Labute approximate surface area is 136 Å². The van der Waals surface area contributed by atoms with Crippen molar-refractivity contribution in [3.05, 3.63) is 49.8 Å². The van der Waals surface area contributed by atoms with Gasteiger partial charge in [0, 0.05) is 16.2 Å². The van der Waals surface area contributed by atoms with Crippen LogP contribution in [-0.4, -0.2) is 28.6 Å². The predicted octanol–water partition coefficient (Wildman–Crippen LogP) is 3.18. The summed E-state index contributed by atoms with van der Waals surface area (Å²) >= 11 is 8.41. The Balaban J connectivity index is 2.40. The van der Waals surface area contributed by atoms with Crippen LogP contribution in [0.4, 0.5) is 0 Å². The quantitative estimate of drug-likeness (QED) is 0.776. The van der Waals surface area contributed by atoms with Gasteiger partial charge in [0.25, 0.3) is 0 Å². The molecule has 0 aliphatic carbocycles. The summed E-state index contributed by atoms with van der Waals surface area (Å²) in [7, 11) is 1.63. The normalized spacial score (nSPS) is 12.7. The number of aliphatic hydroxyl groups excluding tert-OH is 1. The number of hydrogen-bond donors (Lipinski definition) is 1. The zero-order valence-corrected chi connectivity index (χ0v) is 14.2. The van der Waals surface area contributed by atoms with E-state index in [1.54, 1.807) is 18.0 Å². The number of halogens is 2. The molecule has 1 aromatic heterocycles. The number of aromatic nitrogens is 2. The lowest BCUT2D eigenvalue weighted by atomic mass is 10.0. The van der Waals surface area contributed by atoms with Crippen LogP contribution >= 0.6 is 34.2 Å². The molecule has 4 nitrogen and oxygen atoms in total. The summed E-state index contributed by atoms with van der Waals surface area (Å²) in [5.41, 5.74) is 2.57. The standard InChI is InChI=1S/C14H16ClIN2O2/c1-9-4-3-5-10(12(9)16)14(19)13-11(15)8-17-18(13)6-7-20-2/h3-5,8,14,19H,6-7H2,1-2H3. The Bertz CT molecular complexity index is 601. The van der Waals surface area contributed by atoms with E-state index in [-0.39, 0.29) is 0 Å². The maximum absolute atomic E-state index is 10.7. The van der Waals surface area contributed by atoms with Gasteiger partial charge in [-0.15, -0.1) is 0 Å². The van der Waals surface area contributed by atoms with E-state index < -0.39 is 6.10 Å². The van der Waals surface area contributed by atoms with Crippen LogP contribution in [0.25, 0.3) is 0 Å². The molecule has 1 heterocycles. The van der Waals surface area contributed by atoms with Crippen molar-refractivity contribution < 1.29 is 9.84 Å². The largest absolute Gasteiger partial charge is 0.383 e. The highest BCUT2D eigenvalue weighted by molar-refractivity contribution is 14.1. The van der Waals surface area contributed by atoms with Crippen molar-refractivity contribution in [2.75, 3.05) is 13.7 Å². The summed E-state index contributed by atoms with van der Waals surface area (Å²) in [6.07, 6.45) is 0.756. The minimum Gasteiger partial charge on any atom is -0.383 e. The molecular weight excluding hydrogens is 391 g/mol. The SMILES string of the molecule is COCCn1ncc(Cl)c1C(O)c1cccc(C)c1I. The molecule has 2 aromatic rings. The molecule has 0 bridgehead atoms. The van der Waals surface area contributed by atoms with Crippen LogP contribution in [0.3, 0.4) is 0 Å². The van der Waals surface area contributed by atoms with Crippen molar-refractivity contribution in [1.29, 1.82) is 0 Å². The van der Waals surface area contributed by atoms with Gasteiger partial charge in [0.2, 0.25) is 0 Å². The Morgan fingerprint density at radius 1 is 1.50 bits per heavy atom. The van der Waals surface area contributed by atoms with Crippen LogP contribution < -0.4 is 0 Å². The molecule has 0 saturated heterocycles.